The molecule has 3 atom stereocenters. The predicted octanol–water partition coefficient (Wildman–Crippen LogP) is 2.97. The van der Waals surface area contributed by atoms with Gasteiger partial charge in [-0.25, -0.2) is 0 Å². The molecule has 94 valence electrons. The third-order valence-electron chi connectivity index (χ3n) is 5.03. The average molecular weight is 225 g/mol. The normalized spacial score (nSPS) is 36.0. The van der Waals surface area contributed by atoms with E-state index in [4.69, 9.17) is 4.74 Å². The fraction of sp³-hybridized carbons (Fsp3) is 1.00. The van der Waals surface area contributed by atoms with Crippen molar-refractivity contribution in [3.05, 3.63) is 0 Å². The summed E-state index contributed by atoms with van der Waals surface area (Å²) in [6.45, 7) is 7.01. The Kier molecular flexibility index (Phi) is 3.60. The Hall–Kier alpha value is -0.0800. The van der Waals surface area contributed by atoms with Crippen LogP contribution in [0.1, 0.15) is 52.9 Å². The second-order valence-corrected chi connectivity index (χ2v) is 6.33. The van der Waals surface area contributed by atoms with Crippen LogP contribution in [-0.4, -0.2) is 25.3 Å². The summed E-state index contributed by atoms with van der Waals surface area (Å²) in [6.07, 6.45) is 7.35. The molecular formula is C14H27NO. The van der Waals surface area contributed by atoms with Gasteiger partial charge < -0.3 is 10.1 Å². The van der Waals surface area contributed by atoms with E-state index in [1.165, 1.54) is 32.1 Å². The molecule has 0 heterocycles. The van der Waals surface area contributed by atoms with Gasteiger partial charge in [0, 0.05) is 24.6 Å². The molecule has 0 saturated heterocycles. The van der Waals surface area contributed by atoms with Crippen molar-refractivity contribution in [2.45, 2.75) is 71.1 Å². The van der Waals surface area contributed by atoms with Gasteiger partial charge in [0.15, 0.2) is 0 Å². The van der Waals surface area contributed by atoms with Crippen LogP contribution in [-0.2, 0) is 4.74 Å². The van der Waals surface area contributed by atoms with Gasteiger partial charge in [0.2, 0.25) is 0 Å². The summed E-state index contributed by atoms with van der Waals surface area (Å²) in [5, 5.41) is 3.83. The molecule has 0 amide bonds. The first-order chi connectivity index (χ1) is 7.55. The van der Waals surface area contributed by atoms with Gasteiger partial charge in [-0.1, -0.05) is 26.7 Å². The number of methoxy groups -OCH3 is 1. The van der Waals surface area contributed by atoms with Gasteiger partial charge in [0.25, 0.3) is 0 Å². The van der Waals surface area contributed by atoms with E-state index in [2.05, 4.69) is 26.1 Å². The van der Waals surface area contributed by atoms with Crippen LogP contribution in [0.5, 0.6) is 0 Å². The number of rotatable bonds is 4. The predicted molar refractivity (Wildman–Crippen MR) is 67.5 cm³/mol. The summed E-state index contributed by atoms with van der Waals surface area (Å²) in [5.74, 6) is 0.914. The summed E-state index contributed by atoms with van der Waals surface area (Å²) in [5.41, 5.74) is 0.307. The zero-order valence-corrected chi connectivity index (χ0v) is 11.3. The number of nitrogens with one attached hydrogen (secondary N) is 1. The summed E-state index contributed by atoms with van der Waals surface area (Å²) in [6, 6.07) is 1.33. The summed E-state index contributed by atoms with van der Waals surface area (Å²) >= 11 is 0. The first-order valence-corrected chi connectivity index (χ1v) is 6.84. The molecule has 2 heteroatoms. The fourth-order valence-corrected chi connectivity index (χ4v) is 3.48. The Bertz CT molecular complexity index is 233. The van der Waals surface area contributed by atoms with Gasteiger partial charge in [-0.3, -0.25) is 0 Å². The third kappa shape index (κ3) is 2.14. The van der Waals surface area contributed by atoms with Crippen LogP contribution >= 0.6 is 0 Å². The lowest BCUT2D eigenvalue weighted by atomic mass is 9.64. The van der Waals surface area contributed by atoms with Crippen molar-refractivity contribution < 1.29 is 4.74 Å². The highest BCUT2D eigenvalue weighted by Gasteiger charge is 2.49. The van der Waals surface area contributed by atoms with Crippen molar-refractivity contribution in [2.75, 3.05) is 7.11 Å². The minimum Gasteiger partial charge on any atom is -0.381 e. The van der Waals surface area contributed by atoms with Gasteiger partial charge in [0.1, 0.15) is 0 Å². The lowest BCUT2D eigenvalue weighted by Crippen LogP contribution is -2.62. The maximum atomic E-state index is 5.50. The molecular weight excluding hydrogens is 198 g/mol. The molecule has 1 N–H and O–H groups in total. The lowest BCUT2D eigenvalue weighted by molar-refractivity contribution is -0.101. The number of ether oxygens (including phenoxy) is 1. The smallest absolute Gasteiger partial charge is 0.0652 e. The summed E-state index contributed by atoms with van der Waals surface area (Å²) < 4.78 is 5.50. The molecule has 0 spiro atoms. The Balaban J connectivity index is 1.82. The van der Waals surface area contributed by atoms with Crippen LogP contribution in [0.15, 0.2) is 0 Å². The molecule has 0 bridgehead atoms. The Morgan fingerprint density at radius 3 is 2.38 bits per heavy atom. The average Bonchev–Trinajstić information content (AvgIpc) is 2.76. The topological polar surface area (TPSA) is 21.3 Å². The van der Waals surface area contributed by atoms with Gasteiger partial charge in [-0.2, -0.15) is 0 Å². The van der Waals surface area contributed by atoms with E-state index in [1.807, 2.05) is 7.11 Å². The molecule has 2 saturated carbocycles. The molecule has 0 aromatic rings. The maximum absolute atomic E-state index is 5.50. The van der Waals surface area contributed by atoms with Crippen molar-refractivity contribution >= 4 is 0 Å². The number of hydrogen-bond donors (Lipinski definition) is 1. The molecule has 0 aromatic carbocycles. The maximum Gasteiger partial charge on any atom is 0.0652 e. The van der Waals surface area contributed by atoms with Gasteiger partial charge in [0.05, 0.1) is 6.10 Å². The zero-order chi connectivity index (χ0) is 11.8. The van der Waals surface area contributed by atoms with Crippen molar-refractivity contribution in [2.24, 2.45) is 11.3 Å². The van der Waals surface area contributed by atoms with E-state index in [-0.39, 0.29) is 0 Å². The van der Waals surface area contributed by atoms with E-state index >= 15 is 0 Å². The molecule has 2 nitrogen and oxygen atoms in total. The Morgan fingerprint density at radius 2 is 1.88 bits per heavy atom. The Morgan fingerprint density at radius 1 is 1.25 bits per heavy atom. The SMILES string of the molecule is COC1CC(NC(C)C2CCCC2)C1(C)C. The van der Waals surface area contributed by atoms with Crippen molar-refractivity contribution in [3.63, 3.8) is 0 Å². The molecule has 3 unspecified atom stereocenters. The van der Waals surface area contributed by atoms with Crippen LogP contribution in [0.25, 0.3) is 0 Å². The van der Waals surface area contributed by atoms with Crippen molar-refractivity contribution in [1.29, 1.82) is 0 Å². The molecule has 2 aliphatic carbocycles. The van der Waals surface area contributed by atoms with E-state index in [0.717, 1.165) is 5.92 Å². The molecule has 0 aromatic heterocycles. The third-order valence-corrected chi connectivity index (χ3v) is 5.03. The molecule has 0 aliphatic heterocycles. The van der Waals surface area contributed by atoms with E-state index in [1.54, 1.807) is 0 Å². The molecule has 2 fully saturated rings. The summed E-state index contributed by atoms with van der Waals surface area (Å²) in [4.78, 5) is 0. The van der Waals surface area contributed by atoms with Gasteiger partial charge in [-0.05, 0) is 32.1 Å². The van der Waals surface area contributed by atoms with Crippen molar-refractivity contribution in [1.82, 2.24) is 5.32 Å². The molecule has 16 heavy (non-hydrogen) atoms. The first kappa shape index (κ1) is 12.4. The minimum atomic E-state index is 0.307. The highest BCUT2D eigenvalue weighted by atomic mass is 16.5. The van der Waals surface area contributed by atoms with Crippen LogP contribution in [0.2, 0.25) is 0 Å². The second kappa shape index (κ2) is 4.66. The largest absolute Gasteiger partial charge is 0.381 e. The van der Waals surface area contributed by atoms with E-state index < -0.39 is 0 Å². The van der Waals surface area contributed by atoms with Gasteiger partial charge >= 0.3 is 0 Å². The zero-order valence-electron chi connectivity index (χ0n) is 11.3. The fourth-order valence-electron chi connectivity index (χ4n) is 3.48. The first-order valence-electron chi connectivity index (χ1n) is 6.84. The van der Waals surface area contributed by atoms with Crippen LogP contribution in [0, 0.1) is 11.3 Å². The van der Waals surface area contributed by atoms with Crippen LogP contribution in [0.4, 0.5) is 0 Å². The standard InChI is InChI=1S/C14H27NO/c1-10(11-7-5-6-8-11)15-12-9-13(16-4)14(12,2)3/h10-13,15H,5-9H2,1-4H3. The Labute approximate surface area is 100 Å². The van der Waals surface area contributed by atoms with Crippen LogP contribution < -0.4 is 5.32 Å². The highest BCUT2D eigenvalue weighted by molar-refractivity contribution is 5.03. The lowest BCUT2D eigenvalue weighted by Gasteiger charge is -2.52. The van der Waals surface area contributed by atoms with E-state index in [0.29, 0.717) is 23.6 Å². The summed E-state index contributed by atoms with van der Waals surface area (Å²) in [7, 11) is 1.84. The molecule has 0 radical (unpaired) electrons. The second-order valence-electron chi connectivity index (χ2n) is 6.33. The highest BCUT2D eigenvalue weighted by Crippen LogP contribution is 2.43. The number of hydrogen-bond acceptors (Lipinski definition) is 2. The van der Waals surface area contributed by atoms with Crippen molar-refractivity contribution in [3.8, 4) is 0 Å². The minimum absolute atomic E-state index is 0.307. The monoisotopic (exact) mass is 225 g/mol. The van der Waals surface area contributed by atoms with E-state index in [9.17, 15) is 0 Å². The van der Waals surface area contributed by atoms with Crippen LogP contribution in [0.3, 0.4) is 0 Å². The quantitative estimate of drug-likeness (QED) is 0.794. The molecule has 2 rings (SSSR count). The van der Waals surface area contributed by atoms with Gasteiger partial charge in [-0.15, -0.1) is 0 Å². The molecule has 2 aliphatic rings.